The van der Waals surface area contributed by atoms with Gasteiger partial charge in [-0.05, 0) is 35.4 Å². The standard InChI is InChI=1S/C20H20O7/c1-24-14-9-5-11(6-10-14)18-15-16(26-18)19(23,12-3-7-13(21)8-4-12)20(25-2,27-15)17(18)22/h3-10,15-17,21-23H,1-2H3/t15?,16-,17+,18+,19+,20-/m1/s1. The Hall–Kier alpha value is -2.16. The van der Waals surface area contributed by atoms with Gasteiger partial charge in [-0.1, -0.05) is 24.3 Å². The summed E-state index contributed by atoms with van der Waals surface area (Å²) in [5.41, 5.74) is -1.66. The first-order valence-electron chi connectivity index (χ1n) is 8.69. The average molecular weight is 372 g/mol. The highest BCUT2D eigenvalue weighted by atomic mass is 16.8. The number of ether oxygens (including phenoxy) is 4. The minimum absolute atomic E-state index is 0.0700. The van der Waals surface area contributed by atoms with Crippen molar-refractivity contribution in [3.05, 3.63) is 59.7 Å². The Morgan fingerprint density at radius 1 is 0.889 bits per heavy atom. The zero-order chi connectivity index (χ0) is 19.0. The normalized spacial score (nSPS) is 41.4. The summed E-state index contributed by atoms with van der Waals surface area (Å²) in [6.45, 7) is 0. The van der Waals surface area contributed by atoms with Gasteiger partial charge < -0.3 is 34.3 Å². The number of aliphatic hydroxyl groups is 2. The molecule has 0 radical (unpaired) electrons. The third-order valence-corrected chi connectivity index (χ3v) is 6.18. The van der Waals surface area contributed by atoms with Crippen molar-refractivity contribution in [2.45, 2.75) is 35.3 Å². The number of rotatable bonds is 4. The minimum atomic E-state index is -1.71. The molecule has 0 amide bonds. The van der Waals surface area contributed by atoms with Crippen molar-refractivity contribution in [3.63, 3.8) is 0 Å². The van der Waals surface area contributed by atoms with Crippen LogP contribution in [0.5, 0.6) is 11.5 Å². The molecule has 7 nitrogen and oxygen atoms in total. The molecule has 3 N–H and O–H groups in total. The summed E-state index contributed by atoms with van der Waals surface area (Å²) in [7, 11) is 2.97. The lowest BCUT2D eigenvalue weighted by Crippen LogP contribution is -2.79. The van der Waals surface area contributed by atoms with E-state index in [1.807, 2.05) is 12.1 Å². The molecule has 3 aliphatic heterocycles. The topological polar surface area (TPSA) is 97.6 Å². The summed E-state index contributed by atoms with van der Waals surface area (Å²) >= 11 is 0. The maximum atomic E-state index is 11.6. The van der Waals surface area contributed by atoms with E-state index in [0.29, 0.717) is 11.3 Å². The SMILES string of the molecule is COc1ccc([C@]23O[C@@H]4C2O[C@](OC)([C@H]3O)[C@]4(O)c2ccc(O)cc2)cc1. The van der Waals surface area contributed by atoms with E-state index in [2.05, 4.69) is 0 Å². The Bertz CT molecular complexity index is 882. The number of phenolic OH excluding ortho intramolecular Hbond substituents is 1. The van der Waals surface area contributed by atoms with Crippen molar-refractivity contribution in [1.29, 1.82) is 0 Å². The van der Waals surface area contributed by atoms with E-state index in [0.717, 1.165) is 5.56 Å². The molecule has 142 valence electrons. The van der Waals surface area contributed by atoms with Gasteiger partial charge >= 0.3 is 0 Å². The Kier molecular flexibility index (Phi) is 3.28. The molecular formula is C20H20O7. The molecule has 5 rings (SSSR count). The van der Waals surface area contributed by atoms with Crippen LogP contribution in [0.25, 0.3) is 0 Å². The first kappa shape index (κ1) is 17.0. The van der Waals surface area contributed by atoms with Gasteiger partial charge in [0, 0.05) is 7.11 Å². The first-order chi connectivity index (χ1) is 12.9. The van der Waals surface area contributed by atoms with Crippen LogP contribution in [-0.2, 0) is 25.4 Å². The third kappa shape index (κ3) is 1.70. The fourth-order valence-corrected chi connectivity index (χ4v) is 4.84. The van der Waals surface area contributed by atoms with E-state index in [1.54, 1.807) is 31.4 Å². The van der Waals surface area contributed by atoms with Gasteiger partial charge in [0.2, 0.25) is 5.79 Å². The first-order valence-corrected chi connectivity index (χ1v) is 8.69. The van der Waals surface area contributed by atoms with Crippen molar-refractivity contribution >= 4 is 0 Å². The largest absolute Gasteiger partial charge is 0.508 e. The highest BCUT2D eigenvalue weighted by Gasteiger charge is 2.90. The van der Waals surface area contributed by atoms with Gasteiger partial charge in [-0.25, -0.2) is 0 Å². The highest BCUT2D eigenvalue weighted by molar-refractivity contribution is 5.47. The summed E-state index contributed by atoms with van der Waals surface area (Å²) in [5.74, 6) is -0.926. The van der Waals surface area contributed by atoms with Gasteiger partial charge in [-0.2, -0.15) is 0 Å². The van der Waals surface area contributed by atoms with E-state index in [9.17, 15) is 15.3 Å². The fourth-order valence-electron chi connectivity index (χ4n) is 4.84. The number of hydrogen-bond acceptors (Lipinski definition) is 7. The summed E-state index contributed by atoms with van der Waals surface area (Å²) in [6.07, 6.45) is -2.57. The zero-order valence-electron chi connectivity index (χ0n) is 14.8. The van der Waals surface area contributed by atoms with Gasteiger partial charge in [0.1, 0.15) is 29.8 Å². The molecule has 2 aromatic rings. The molecule has 0 saturated carbocycles. The van der Waals surface area contributed by atoms with Crippen molar-refractivity contribution in [1.82, 2.24) is 0 Å². The molecular weight excluding hydrogens is 352 g/mol. The third-order valence-electron chi connectivity index (χ3n) is 6.18. The zero-order valence-corrected chi connectivity index (χ0v) is 14.8. The lowest BCUT2D eigenvalue weighted by Gasteiger charge is -2.60. The Labute approximate surface area is 155 Å². The molecule has 6 atom stereocenters. The van der Waals surface area contributed by atoms with Crippen molar-refractivity contribution in [3.8, 4) is 11.5 Å². The van der Waals surface area contributed by atoms with Crippen LogP contribution in [0.4, 0.5) is 0 Å². The molecule has 7 heteroatoms. The maximum absolute atomic E-state index is 11.6. The molecule has 3 saturated heterocycles. The van der Waals surface area contributed by atoms with Crippen LogP contribution in [0, 0.1) is 0 Å². The molecule has 2 bridgehead atoms. The highest BCUT2D eigenvalue weighted by Crippen LogP contribution is 2.71. The molecule has 1 unspecified atom stereocenters. The number of phenols is 1. The second kappa shape index (κ2) is 5.21. The second-order valence-electron chi connectivity index (χ2n) is 7.19. The lowest BCUT2D eigenvalue weighted by atomic mass is 9.60. The van der Waals surface area contributed by atoms with Crippen LogP contribution in [0.2, 0.25) is 0 Å². The minimum Gasteiger partial charge on any atom is -0.508 e. The van der Waals surface area contributed by atoms with Crippen molar-refractivity contribution < 1.29 is 34.3 Å². The summed E-state index contributed by atoms with van der Waals surface area (Å²) in [5, 5.41) is 32.4. The van der Waals surface area contributed by atoms with Crippen LogP contribution < -0.4 is 4.74 Å². The number of aliphatic hydroxyl groups excluding tert-OH is 1. The Balaban J connectivity index is 1.60. The Morgan fingerprint density at radius 2 is 1.52 bits per heavy atom. The van der Waals surface area contributed by atoms with Crippen LogP contribution in [-0.4, -0.2) is 53.6 Å². The van der Waals surface area contributed by atoms with Gasteiger partial charge in [0.25, 0.3) is 0 Å². The van der Waals surface area contributed by atoms with Crippen LogP contribution in [0.1, 0.15) is 11.1 Å². The number of aromatic hydroxyl groups is 1. The molecule has 27 heavy (non-hydrogen) atoms. The molecule has 3 fully saturated rings. The predicted molar refractivity (Wildman–Crippen MR) is 92.2 cm³/mol. The summed E-state index contributed by atoms with van der Waals surface area (Å²) in [6, 6.07) is 13.3. The summed E-state index contributed by atoms with van der Waals surface area (Å²) in [4.78, 5) is 0. The van der Waals surface area contributed by atoms with Gasteiger partial charge in [0.05, 0.1) is 7.11 Å². The van der Waals surface area contributed by atoms with Gasteiger partial charge in [-0.3, -0.25) is 0 Å². The molecule has 3 heterocycles. The number of hydrogen-bond donors (Lipinski definition) is 3. The monoisotopic (exact) mass is 372 g/mol. The van der Waals surface area contributed by atoms with Gasteiger partial charge in [-0.15, -0.1) is 0 Å². The lowest BCUT2D eigenvalue weighted by molar-refractivity contribution is -0.383. The van der Waals surface area contributed by atoms with Crippen LogP contribution in [0.3, 0.4) is 0 Å². The summed E-state index contributed by atoms with van der Waals surface area (Å²) < 4.78 is 23.0. The van der Waals surface area contributed by atoms with E-state index >= 15 is 0 Å². The molecule has 2 aromatic carbocycles. The molecule has 0 aromatic heterocycles. The molecule has 3 aliphatic rings. The van der Waals surface area contributed by atoms with Crippen LogP contribution in [0.15, 0.2) is 48.5 Å². The van der Waals surface area contributed by atoms with E-state index in [-0.39, 0.29) is 5.75 Å². The number of benzene rings is 2. The van der Waals surface area contributed by atoms with E-state index < -0.39 is 35.3 Å². The smallest absolute Gasteiger partial charge is 0.235 e. The quantitative estimate of drug-likeness (QED) is 0.737. The fraction of sp³-hybridized carbons (Fsp3) is 0.400. The van der Waals surface area contributed by atoms with Crippen LogP contribution >= 0.6 is 0 Å². The average Bonchev–Trinajstić information content (AvgIpc) is 3.00. The number of methoxy groups -OCH3 is 2. The van der Waals surface area contributed by atoms with Crippen molar-refractivity contribution in [2.75, 3.05) is 14.2 Å². The maximum Gasteiger partial charge on any atom is 0.235 e. The predicted octanol–water partition coefficient (Wildman–Crippen LogP) is 0.999. The van der Waals surface area contributed by atoms with E-state index in [1.165, 1.54) is 19.2 Å². The second-order valence-corrected chi connectivity index (χ2v) is 7.19. The van der Waals surface area contributed by atoms with Gasteiger partial charge in [0.15, 0.2) is 11.2 Å². The Morgan fingerprint density at radius 3 is 2.11 bits per heavy atom. The molecule has 0 spiro atoms. The van der Waals surface area contributed by atoms with E-state index in [4.69, 9.17) is 18.9 Å². The number of fused-ring (bicyclic) bond motifs is 1. The molecule has 0 aliphatic carbocycles. The van der Waals surface area contributed by atoms with Crippen molar-refractivity contribution in [2.24, 2.45) is 0 Å².